The van der Waals surface area contributed by atoms with Gasteiger partial charge in [-0.05, 0) is 19.3 Å². The Bertz CT molecular complexity index is 611. The normalized spacial score (nSPS) is 20.4. The molecule has 2 heterocycles. The number of nitrogens with zero attached hydrogens (tertiary/aromatic N) is 2. The van der Waals surface area contributed by atoms with Crippen LogP contribution in [0.3, 0.4) is 0 Å². The number of methoxy groups -OCH3 is 1. The second kappa shape index (κ2) is 6.48. The summed E-state index contributed by atoms with van der Waals surface area (Å²) in [4.78, 5) is 31.2. The van der Waals surface area contributed by atoms with Crippen LogP contribution < -0.4 is 5.32 Å². The fourth-order valence-corrected chi connectivity index (χ4v) is 3.86. The molecule has 1 aromatic heterocycles. The molecule has 118 valence electrons. The second-order valence-electron chi connectivity index (χ2n) is 5.50. The summed E-state index contributed by atoms with van der Waals surface area (Å²) < 4.78 is 4.57. The number of rotatable bonds is 2. The number of thiazole rings is 1. The monoisotopic (exact) mass is 321 g/mol. The van der Waals surface area contributed by atoms with Crippen molar-refractivity contribution in [1.29, 1.82) is 0 Å². The van der Waals surface area contributed by atoms with E-state index < -0.39 is 6.09 Å². The van der Waals surface area contributed by atoms with Crippen molar-refractivity contribution in [2.45, 2.75) is 32.2 Å². The molecular weight excluding hydrogens is 302 g/mol. The van der Waals surface area contributed by atoms with Gasteiger partial charge in [0, 0.05) is 23.8 Å². The molecule has 0 fully saturated rings. The molecule has 0 bridgehead atoms. The Morgan fingerprint density at radius 1 is 1.45 bits per heavy atom. The highest BCUT2D eigenvalue weighted by atomic mass is 32.1. The van der Waals surface area contributed by atoms with E-state index in [0.29, 0.717) is 18.2 Å². The van der Waals surface area contributed by atoms with E-state index in [1.54, 1.807) is 0 Å². The number of nitrogens with one attached hydrogen (secondary N) is 1. The first-order chi connectivity index (χ1) is 10.7. The van der Waals surface area contributed by atoms with Gasteiger partial charge >= 0.3 is 6.09 Å². The van der Waals surface area contributed by atoms with Gasteiger partial charge in [0.25, 0.3) is 0 Å². The Morgan fingerprint density at radius 3 is 3.05 bits per heavy atom. The molecule has 1 unspecified atom stereocenters. The smallest absolute Gasteiger partial charge is 0.413 e. The van der Waals surface area contributed by atoms with Crippen molar-refractivity contribution in [3.8, 4) is 0 Å². The molecular formula is C15H19N3O3S. The van der Waals surface area contributed by atoms with Crippen LogP contribution in [-0.4, -0.2) is 35.5 Å². The van der Waals surface area contributed by atoms with Crippen LogP contribution in [-0.2, 0) is 22.5 Å². The number of anilines is 1. The lowest BCUT2D eigenvalue weighted by Crippen LogP contribution is -2.39. The minimum absolute atomic E-state index is 0.118. The topological polar surface area (TPSA) is 71.5 Å². The lowest BCUT2D eigenvalue weighted by Gasteiger charge is -2.30. The first-order valence-electron chi connectivity index (χ1n) is 7.44. The largest absolute Gasteiger partial charge is 0.453 e. The van der Waals surface area contributed by atoms with Crippen molar-refractivity contribution in [1.82, 2.24) is 9.88 Å². The predicted molar refractivity (Wildman–Crippen MR) is 83.7 cm³/mol. The number of carbonyl (C=O) groups is 2. The van der Waals surface area contributed by atoms with E-state index in [1.807, 2.05) is 4.90 Å². The summed E-state index contributed by atoms with van der Waals surface area (Å²) in [5.74, 6) is 0.359. The second-order valence-corrected chi connectivity index (χ2v) is 6.58. The molecule has 6 nitrogen and oxygen atoms in total. The lowest BCUT2D eigenvalue weighted by atomic mass is 9.92. The maximum atomic E-state index is 12.6. The minimum Gasteiger partial charge on any atom is -0.453 e. The molecule has 22 heavy (non-hydrogen) atoms. The molecule has 1 N–H and O–H groups in total. The summed E-state index contributed by atoms with van der Waals surface area (Å²) in [6.45, 7) is 1.29. The third-order valence-electron chi connectivity index (χ3n) is 4.06. The Kier molecular flexibility index (Phi) is 4.42. The summed E-state index contributed by atoms with van der Waals surface area (Å²) in [5.41, 5.74) is 0.976. The molecule has 2 amide bonds. The van der Waals surface area contributed by atoms with Gasteiger partial charge in [-0.2, -0.15) is 0 Å². The molecule has 1 aliphatic carbocycles. The van der Waals surface area contributed by atoms with Crippen LogP contribution in [0.15, 0.2) is 12.2 Å². The maximum Gasteiger partial charge on any atom is 0.413 e. The van der Waals surface area contributed by atoms with Gasteiger partial charge in [0.1, 0.15) is 0 Å². The van der Waals surface area contributed by atoms with Crippen LogP contribution in [0.4, 0.5) is 9.93 Å². The zero-order chi connectivity index (χ0) is 15.5. The van der Waals surface area contributed by atoms with E-state index in [-0.39, 0.29) is 11.8 Å². The summed E-state index contributed by atoms with van der Waals surface area (Å²) in [7, 11) is 1.32. The Morgan fingerprint density at radius 2 is 2.32 bits per heavy atom. The molecule has 1 aliphatic heterocycles. The van der Waals surface area contributed by atoms with Gasteiger partial charge < -0.3 is 9.64 Å². The fourth-order valence-electron chi connectivity index (χ4n) is 2.85. The Balaban J connectivity index is 1.66. The van der Waals surface area contributed by atoms with Crippen molar-refractivity contribution >= 4 is 28.5 Å². The van der Waals surface area contributed by atoms with E-state index in [4.69, 9.17) is 0 Å². The molecule has 0 saturated carbocycles. The van der Waals surface area contributed by atoms with E-state index in [9.17, 15) is 9.59 Å². The number of ether oxygens (including phenoxy) is 1. The molecule has 0 spiro atoms. The van der Waals surface area contributed by atoms with Crippen molar-refractivity contribution in [3.05, 3.63) is 22.7 Å². The Labute approximate surface area is 133 Å². The molecule has 0 saturated heterocycles. The highest BCUT2D eigenvalue weighted by molar-refractivity contribution is 7.15. The first kappa shape index (κ1) is 15.0. The maximum absolute atomic E-state index is 12.6. The van der Waals surface area contributed by atoms with E-state index >= 15 is 0 Å². The molecule has 2 aliphatic rings. The standard InChI is InChI=1S/C15H19N3O3S/c1-21-15(20)17-14-16-11-7-8-18(9-12(11)22-14)13(19)10-5-3-2-4-6-10/h2-3,10H,4-9H2,1H3,(H,16,17,20). The van der Waals surface area contributed by atoms with Crippen LogP contribution in [0.2, 0.25) is 0 Å². The van der Waals surface area contributed by atoms with Gasteiger partial charge in [-0.1, -0.05) is 23.5 Å². The predicted octanol–water partition coefficient (Wildman–Crippen LogP) is 2.56. The summed E-state index contributed by atoms with van der Waals surface area (Å²) in [6.07, 6.45) is 7.24. The van der Waals surface area contributed by atoms with Crippen LogP contribution in [0.25, 0.3) is 0 Å². The van der Waals surface area contributed by atoms with E-state index in [2.05, 4.69) is 27.2 Å². The van der Waals surface area contributed by atoms with Gasteiger partial charge in [-0.3, -0.25) is 10.1 Å². The quantitative estimate of drug-likeness (QED) is 0.850. The minimum atomic E-state index is -0.520. The van der Waals surface area contributed by atoms with E-state index in [1.165, 1.54) is 18.4 Å². The third-order valence-corrected chi connectivity index (χ3v) is 5.05. The lowest BCUT2D eigenvalue weighted by molar-refractivity contribution is -0.136. The van der Waals surface area contributed by atoms with Gasteiger partial charge in [-0.25, -0.2) is 9.78 Å². The van der Waals surface area contributed by atoms with Crippen LogP contribution >= 0.6 is 11.3 Å². The molecule has 0 radical (unpaired) electrons. The number of carbonyl (C=O) groups excluding carboxylic acids is 2. The Hall–Kier alpha value is -1.89. The van der Waals surface area contributed by atoms with Gasteiger partial charge in [-0.15, -0.1) is 0 Å². The summed E-state index contributed by atoms with van der Waals surface area (Å²) in [6, 6.07) is 0. The van der Waals surface area contributed by atoms with Gasteiger partial charge in [0.05, 0.1) is 19.3 Å². The average molecular weight is 321 g/mol. The molecule has 7 heteroatoms. The van der Waals surface area contributed by atoms with Gasteiger partial charge in [0.2, 0.25) is 5.91 Å². The third kappa shape index (κ3) is 3.14. The number of hydrogen-bond donors (Lipinski definition) is 1. The average Bonchev–Trinajstić information content (AvgIpc) is 2.96. The molecule has 0 aromatic carbocycles. The van der Waals surface area contributed by atoms with Crippen molar-refractivity contribution < 1.29 is 14.3 Å². The summed E-state index contributed by atoms with van der Waals surface area (Å²) >= 11 is 1.42. The zero-order valence-corrected chi connectivity index (χ0v) is 13.3. The van der Waals surface area contributed by atoms with Gasteiger partial charge in [0.15, 0.2) is 5.13 Å². The number of hydrogen-bond acceptors (Lipinski definition) is 5. The van der Waals surface area contributed by atoms with Crippen LogP contribution in [0, 0.1) is 5.92 Å². The number of allylic oxidation sites excluding steroid dienone is 2. The van der Waals surface area contributed by atoms with Crippen molar-refractivity contribution in [2.24, 2.45) is 5.92 Å². The number of fused-ring (bicyclic) bond motifs is 1. The number of aromatic nitrogens is 1. The highest BCUT2D eigenvalue weighted by Crippen LogP contribution is 2.30. The highest BCUT2D eigenvalue weighted by Gasteiger charge is 2.29. The molecule has 1 atom stereocenters. The zero-order valence-electron chi connectivity index (χ0n) is 12.5. The SMILES string of the molecule is COC(=O)Nc1nc2c(s1)CN(C(=O)C1CC=CCC1)CC2. The first-order valence-corrected chi connectivity index (χ1v) is 8.26. The molecule has 3 rings (SSSR count). The van der Waals surface area contributed by atoms with Crippen molar-refractivity contribution in [3.63, 3.8) is 0 Å². The van der Waals surface area contributed by atoms with E-state index in [0.717, 1.165) is 36.3 Å². The van der Waals surface area contributed by atoms with Crippen molar-refractivity contribution in [2.75, 3.05) is 19.0 Å². The van der Waals surface area contributed by atoms with Crippen LogP contribution in [0.1, 0.15) is 29.8 Å². The number of amides is 2. The summed E-state index contributed by atoms with van der Waals surface area (Å²) in [5, 5.41) is 3.12. The van der Waals surface area contributed by atoms with Crippen LogP contribution in [0.5, 0.6) is 0 Å². The fraction of sp³-hybridized carbons (Fsp3) is 0.533. The molecule has 1 aromatic rings.